The molecule has 2 aromatic rings. The number of nitrogens with one attached hydrogen (secondary N) is 1. The van der Waals surface area contributed by atoms with Gasteiger partial charge in [0.15, 0.2) is 5.82 Å². The van der Waals surface area contributed by atoms with Gasteiger partial charge in [-0.15, -0.1) is 0 Å². The first-order chi connectivity index (χ1) is 14.2. The highest BCUT2D eigenvalue weighted by molar-refractivity contribution is 5.78. The van der Waals surface area contributed by atoms with Gasteiger partial charge in [-0.25, -0.2) is 4.39 Å². The molecular weight excluding hydrogens is 375 g/mol. The zero-order valence-corrected chi connectivity index (χ0v) is 16.3. The normalized spacial score (nSPS) is 16.9. The number of benzene rings is 1. The number of carbonyl (C=O) groups excluding carboxylic acids is 1. The van der Waals surface area contributed by atoms with Crippen LogP contribution in [0.1, 0.15) is 24.2 Å². The lowest BCUT2D eigenvalue weighted by molar-refractivity contribution is -0.120. The minimum Gasteiger partial charge on any atom is -0.378 e. The summed E-state index contributed by atoms with van der Waals surface area (Å²) in [6.45, 7) is 4.86. The van der Waals surface area contributed by atoms with E-state index in [2.05, 4.69) is 30.1 Å². The Balaban J connectivity index is 1.45. The van der Waals surface area contributed by atoms with Gasteiger partial charge in [-0.3, -0.25) is 4.79 Å². The van der Waals surface area contributed by atoms with Gasteiger partial charge in [0.25, 0.3) is 0 Å². The Morgan fingerprint density at radius 2 is 1.59 bits per heavy atom. The van der Waals surface area contributed by atoms with Crippen molar-refractivity contribution in [2.75, 3.05) is 49.2 Å². The van der Waals surface area contributed by atoms with Gasteiger partial charge in [0.05, 0.1) is 26.2 Å². The molecule has 0 unspecified atom stereocenters. The number of halogens is 1. The maximum atomic E-state index is 13.0. The summed E-state index contributed by atoms with van der Waals surface area (Å²) in [5, 5.41) is 2.86. The van der Waals surface area contributed by atoms with Crippen LogP contribution in [0, 0.1) is 5.82 Å². The number of amides is 1. The maximum absolute atomic E-state index is 13.0. The van der Waals surface area contributed by atoms with Gasteiger partial charge >= 0.3 is 0 Å². The molecule has 0 spiro atoms. The first-order valence-electron chi connectivity index (χ1n) is 10.0. The molecule has 1 aromatic carbocycles. The van der Waals surface area contributed by atoms with Crippen LogP contribution in [0.15, 0.2) is 24.3 Å². The highest BCUT2D eigenvalue weighted by Crippen LogP contribution is 2.19. The van der Waals surface area contributed by atoms with Crippen LogP contribution in [0.4, 0.5) is 16.3 Å². The Hall–Kier alpha value is -2.81. The van der Waals surface area contributed by atoms with Crippen LogP contribution < -0.4 is 15.1 Å². The summed E-state index contributed by atoms with van der Waals surface area (Å²) < 4.78 is 18.4. The Labute approximate surface area is 169 Å². The Morgan fingerprint density at radius 3 is 2.24 bits per heavy atom. The topological polar surface area (TPSA) is 83.5 Å². The quantitative estimate of drug-likeness (QED) is 0.783. The van der Waals surface area contributed by atoms with Crippen LogP contribution in [-0.2, 0) is 22.5 Å². The van der Waals surface area contributed by atoms with Crippen molar-refractivity contribution in [2.45, 2.75) is 25.8 Å². The summed E-state index contributed by atoms with van der Waals surface area (Å²) in [7, 11) is 0. The molecule has 1 amide bonds. The molecule has 4 rings (SSSR count). The lowest BCUT2D eigenvalue weighted by Gasteiger charge is -2.28. The van der Waals surface area contributed by atoms with Crippen molar-refractivity contribution < 1.29 is 13.9 Å². The van der Waals surface area contributed by atoms with E-state index in [0.29, 0.717) is 30.9 Å². The third-order valence-corrected chi connectivity index (χ3v) is 5.06. The molecular formula is C20H25FN6O2. The summed E-state index contributed by atoms with van der Waals surface area (Å²) in [5.41, 5.74) is 0.756. The van der Waals surface area contributed by atoms with Crippen LogP contribution >= 0.6 is 0 Å². The first kappa shape index (κ1) is 19.5. The van der Waals surface area contributed by atoms with Crippen molar-refractivity contribution in [3.8, 4) is 0 Å². The van der Waals surface area contributed by atoms with Crippen LogP contribution in [0.2, 0.25) is 0 Å². The second-order valence-corrected chi connectivity index (χ2v) is 7.23. The molecule has 1 aromatic heterocycles. The molecule has 2 aliphatic rings. The van der Waals surface area contributed by atoms with E-state index >= 15 is 0 Å². The van der Waals surface area contributed by atoms with Gasteiger partial charge in [0.1, 0.15) is 5.82 Å². The highest BCUT2D eigenvalue weighted by Gasteiger charge is 2.21. The fourth-order valence-corrected chi connectivity index (χ4v) is 3.47. The third-order valence-electron chi connectivity index (χ3n) is 5.06. The van der Waals surface area contributed by atoms with E-state index in [4.69, 9.17) is 4.74 Å². The van der Waals surface area contributed by atoms with Crippen molar-refractivity contribution in [2.24, 2.45) is 0 Å². The van der Waals surface area contributed by atoms with E-state index < -0.39 is 0 Å². The van der Waals surface area contributed by atoms with Gasteiger partial charge in [0, 0.05) is 26.2 Å². The largest absolute Gasteiger partial charge is 0.378 e. The predicted molar refractivity (Wildman–Crippen MR) is 106 cm³/mol. The number of morpholine rings is 1. The van der Waals surface area contributed by atoms with E-state index in [1.54, 1.807) is 12.1 Å². The van der Waals surface area contributed by atoms with Crippen molar-refractivity contribution in [3.63, 3.8) is 0 Å². The van der Waals surface area contributed by atoms with Gasteiger partial charge in [-0.05, 0) is 30.5 Å². The minimum absolute atomic E-state index is 0.160. The fraction of sp³-hybridized carbons (Fsp3) is 0.500. The van der Waals surface area contributed by atoms with Gasteiger partial charge in [-0.2, -0.15) is 15.0 Å². The number of anilines is 2. The fourth-order valence-electron chi connectivity index (χ4n) is 3.47. The monoisotopic (exact) mass is 400 g/mol. The Morgan fingerprint density at radius 1 is 0.966 bits per heavy atom. The van der Waals surface area contributed by atoms with Crippen molar-refractivity contribution in [3.05, 3.63) is 41.5 Å². The van der Waals surface area contributed by atoms with Crippen LogP contribution in [-0.4, -0.2) is 60.3 Å². The lowest BCUT2D eigenvalue weighted by Crippen LogP contribution is -2.38. The molecule has 3 heterocycles. The van der Waals surface area contributed by atoms with Crippen molar-refractivity contribution in [1.29, 1.82) is 0 Å². The maximum Gasteiger partial charge on any atom is 0.230 e. The molecule has 1 N–H and O–H groups in total. The summed E-state index contributed by atoms with van der Waals surface area (Å²) >= 11 is 0. The van der Waals surface area contributed by atoms with Gasteiger partial charge in [0.2, 0.25) is 17.8 Å². The van der Waals surface area contributed by atoms with Crippen molar-refractivity contribution >= 4 is 17.8 Å². The number of nitrogens with zero attached hydrogens (tertiary/aromatic N) is 5. The van der Waals surface area contributed by atoms with E-state index in [9.17, 15) is 9.18 Å². The van der Waals surface area contributed by atoms with E-state index in [1.807, 2.05) is 0 Å². The smallest absolute Gasteiger partial charge is 0.230 e. The van der Waals surface area contributed by atoms with Crippen LogP contribution in [0.5, 0.6) is 0 Å². The number of aromatic nitrogens is 3. The Kier molecular flexibility index (Phi) is 6.14. The molecule has 0 saturated carbocycles. The number of rotatable bonds is 6. The molecule has 0 atom stereocenters. The molecule has 2 aliphatic heterocycles. The van der Waals surface area contributed by atoms with Gasteiger partial charge in [-0.1, -0.05) is 12.1 Å². The zero-order chi connectivity index (χ0) is 20.1. The summed E-state index contributed by atoms with van der Waals surface area (Å²) in [5.74, 6) is 1.36. The lowest BCUT2D eigenvalue weighted by atomic mass is 10.1. The van der Waals surface area contributed by atoms with Gasteiger partial charge < -0.3 is 19.9 Å². The first-order valence-corrected chi connectivity index (χ1v) is 10.0. The summed E-state index contributed by atoms with van der Waals surface area (Å²) in [6.07, 6.45) is 2.44. The summed E-state index contributed by atoms with van der Waals surface area (Å²) in [6, 6.07) is 5.93. The van der Waals surface area contributed by atoms with Crippen LogP contribution in [0.3, 0.4) is 0 Å². The SMILES string of the molecule is O=C(Cc1ccc(F)cc1)NCc1nc(N2CCCC2)nc(N2CCOCC2)n1. The van der Waals surface area contributed by atoms with Crippen LogP contribution in [0.25, 0.3) is 0 Å². The van der Waals surface area contributed by atoms with E-state index in [1.165, 1.54) is 12.1 Å². The average molecular weight is 400 g/mol. The van der Waals surface area contributed by atoms with E-state index in [0.717, 1.165) is 44.6 Å². The second-order valence-electron chi connectivity index (χ2n) is 7.23. The number of hydrogen-bond donors (Lipinski definition) is 1. The third kappa shape index (κ3) is 5.17. The number of ether oxygens (including phenoxy) is 1. The molecule has 8 nitrogen and oxygen atoms in total. The standard InChI is InChI=1S/C20H25FN6O2/c21-16-5-3-15(4-6-16)13-18(28)22-14-17-23-19(26-7-1-2-8-26)25-20(24-17)27-9-11-29-12-10-27/h3-6H,1-2,7-14H2,(H,22,28). The molecule has 0 bridgehead atoms. The number of carbonyl (C=O) groups is 1. The molecule has 0 radical (unpaired) electrons. The molecule has 2 fully saturated rings. The van der Waals surface area contributed by atoms with Crippen molar-refractivity contribution in [1.82, 2.24) is 20.3 Å². The average Bonchev–Trinajstić information content (AvgIpc) is 3.29. The highest BCUT2D eigenvalue weighted by atomic mass is 19.1. The molecule has 29 heavy (non-hydrogen) atoms. The molecule has 9 heteroatoms. The molecule has 0 aliphatic carbocycles. The summed E-state index contributed by atoms with van der Waals surface area (Å²) in [4.78, 5) is 30.4. The predicted octanol–water partition coefficient (Wildman–Crippen LogP) is 1.31. The number of hydrogen-bond acceptors (Lipinski definition) is 7. The zero-order valence-electron chi connectivity index (χ0n) is 16.3. The van der Waals surface area contributed by atoms with E-state index in [-0.39, 0.29) is 24.7 Å². The minimum atomic E-state index is -0.315. The molecule has 154 valence electrons. The molecule has 2 saturated heterocycles. The second kappa shape index (κ2) is 9.13. The Bertz CT molecular complexity index is 835.